The van der Waals surface area contributed by atoms with Crippen molar-refractivity contribution in [2.75, 3.05) is 25.5 Å². The second-order valence-electron chi connectivity index (χ2n) is 13.3. The zero-order valence-corrected chi connectivity index (χ0v) is 28.9. The monoisotopic (exact) mass is 711 g/mol. The van der Waals surface area contributed by atoms with Crippen molar-refractivity contribution in [2.45, 2.75) is 71.0 Å². The summed E-state index contributed by atoms with van der Waals surface area (Å²) in [5, 5.41) is 8.29. The number of pyridine rings is 2. The number of allylic oxidation sites excluding steroid dienone is 2. The van der Waals surface area contributed by atoms with Crippen LogP contribution in [0.2, 0.25) is 0 Å². The molecule has 2 fully saturated rings. The predicted octanol–water partition coefficient (Wildman–Crippen LogP) is 4.77. The predicted molar refractivity (Wildman–Crippen MR) is 184 cm³/mol. The summed E-state index contributed by atoms with van der Waals surface area (Å²) in [4.78, 5) is 63.2. The maximum atomic E-state index is 14.4. The molecule has 0 radical (unpaired) electrons. The van der Waals surface area contributed by atoms with Crippen LogP contribution in [0.1, 0.15) is 60.9 Å². The van der Waals surface area contributed by atoms with Gasteiger partial charge in [-0.05, 0) is 92.7 Å². The van der Waals surface area contributed by atoms with Crippen LogP contribution in [-0.4, -0.2) is 89.3 Å². The SMILES string of the molecule is CC(=O)c1nn(CC(=O)N2[C@H]3C[C@]4(CC[C@@H]24)CN(C)CCC/C=C/Cc2ccc(Br)nc2NC3=O)c2cnc(-c3cnc(C)nc3)cc12. The summed E-state index contributed by atoms with van der Waals surface area (Å²) in [6, 6.07) is 4.88. The zero-order valence-electron chi connectivity index (χ0n) is 27.3. The van der Waals surface area contributed by atoms with E-state index >= 15 is 0 Å². The van der Waals surface area contributed by atoms with E-state index in [0.29, 0.717) is 51.2 Å². The maximum Gasteiger partial charge on any atom is 0.248 e. The molecule has 1 N–H and O–H groups in total. The fourth-order valence-corrected chi connectivity index (χ4v) is 7.89. The number of anilines is 1. The van der Waals surface area contributed by atoms with Gasteiger partial charge in [0.2, 0.25) is 11.8 Å². The van der Waals surface area contributed by atoms with E-state index < -0.39 is 6.04 Å². The van der Waals surface area contributed by atoms with Gasteiger partial charge < -0.3 is 15.1 Å². The fourth-order valence-electron chi connectivity index (χ4n) is 7.58. The molecule has 2 bridgehead atoms. The lowest BCUT2D eigenvalue weighted by Gasteiger charge is -2.49. The number of fused-ring (bicyclic) bond motifs is 3. The number of nitrogens with zero attached hydrogens (tertiary/aromatic N) is 8. The first-order valence-electron chi connectivity index (χ1n) is 16.4. The van der Waals surface area contributed by atoms with Crippen molar-refractivity contribution in [1.82, 2.24) is 39.5 Å². The van der Waals surface area contributed by atoms with E-state index in [9.17, 15) is 14.4 Å². The van der Waals surface area contributed by atoms with Gasteiger partial charge in [-0.15, -0.1) is 0 Å². The highest BCUT2D eigenvalue weighted by Crippen LogP contribution is 2.55. The summed E-state index contributed by atoms with van der Waals surface area (Å²) in [6.45, 7) is 4.88. The van der Waals surface area contributed by atoms with Gasteiger partial charge >= 0.3 is 0 Å². The summed E-state index contributed by atoms with van der Waals surface area (Å²) in [6.07, 6.45) is 14.3. The summed E-state index contributed by atoms with van der Waals surface area (Å²) in [5.74, 6) is 0.463. The molecule has 1 aliphatic carbocycles. The Bertz CT molecular complexity index is 1940. The van der Waals surface area contributed by atoms with Crippen LogP contribution in [0, 0.1) is 12.3 Å². The van der Waals surface area contributed by atoms with E-state index in [4.69, 9.17) is 0 Å². The standard InChI is InChI=1S/C35H38BrN9O3/c1-21(46)32-25-14-26(24-16-37-22(2)38-17-24)39-18-28(25)44(42-32)19-31(47)45-27-15-35(12-11-29(35)45)20-43(3)13-7-5-4-6-8-23-9-10-30(36)40-33(23)41-34(27)48/h4,6,9-10,14,16-18,27,29H,5,7-8,11-13,15,19-20H2,1-3H3,(H,40,41,48)/b6-4+/t27-,29+,35+/m0/s1. The third-order valence-corrected chi connectivity index (χ3v) is 10.4. The molecule has 48 heavy (non-hydrogen) atoms. The molecule has 13 heteroatoms. The summed E-state index contributed by atoms with van der Waals surface area (Å²) in [5.41, 5.74) is 2.87. The molecule has 1 saturated heterocycles. The van der Waals surface area contributed by atoms with E-state index in [1.807, 2.05) is 19.1 Å². The van der Waals surface area contributed by atoms with Crippen molar-refractivity contribution >= 4 is 50.2 Å². The Morgan fingerprint density at radius 1 is 1.12 bits per heavy atom. The van der Waals surface area contributed by atoms with Crippen LogP contribution in [0.3, 0.4) is 0 Å². The number of halogens is 1. The molecule has 6 heterocycles. The number of hydrogen-bond acceptors (Lipinski definition) is 9. The number of hydrogen-bond donors (Lipinski definition) is 1. The van der Waals surface area contributed by atoms with Crippen LogP contribution in [0.4, 0.5) is 5.82 Å². The number of rotatable bonds is 4. The number of likely N-dealkylation sites (tertiary alicyclic amines) is 1. The van der Waals surface area contributed by atoms with Crippen LogP contribution in [-0.2, 0) is 22.6 Å². The zero-order chi connectivity index (χ0) is 33.6. The van der Waals surface area contributed by atoms with Gasteiger partial charge in [0.15, 0.2) is 5.78 Å². The molecule has 1 spiro atoms. The quantitative estimate of drug-likeness (QED) is 0.180. The molecule has 3 atom stereocenters. The maximum absolute atomic E-state index is 14.4. The molecule has 248 valence electrons. The number of carbonyl (C=O) groups excluding carboxylic acids is 3. The number of ketones is 1. The molecular weight excluding hydrogens is 674 g/mol. The third kappa shape index (κ3) is 6.05. The molecule has 7 rings (SSSR count). The van der Waals surface area contributed by atoms with Gasteiger partial charge in [0.25, 0.3) is 0 Å². The largest absolute Gasteiger partial charge is 0.325 e. The van der Waals surface area contributed by atoms with Crippen molar-refractivity contribution in [1.29, 1.82) is 0 Å². The van der Waals surface area contributed by atoms with Gasteiger partial charge in [0.05, 0.1) is 17.4 Å². The van der Waals surface area contributed by atoms with E-state index in [1.165, 1.54) is 6.92 Å². The minimum atomic E-state index is -0.673. The Morgan fingerprint density at radius 3 is 2.69 bits per heavy atom. The molecule has 4 aromatic rings. The van der Waals surface area contributed by atoms with Crippen LogP contribution >= 0.6 is 15.9 Å². The number of aryl methyl sites for hydroxylation is 1. The molecule has 0 aromatic carbocycles. The first-order chi connectivity index (χ1) is 23.1. The van der Waals surface area contributed by atoms with Gasteiger partial charge in [-0.2, -0.15) is 5.10 Å². The lowest BCUT2D eigenvalue weighted by atomic mass is 9.64. The van der Waals surface area contributed by atoms with E-state index in [1.54, 1.807) is 34.2 Å². The highest BCUT2D eigenvalue weighted by molar-refractivity contribution is 9.10. The number of carbonyl (C=O) groups is 3. The minimum absolute atomic E-state index is 0.0775. The summed E-state index contributed by atoms with van der Waals surface area (Å²) < 4.78 is 2.17. The Balaban J connectivity index is 1.23. The van der Waals surface area contributed by atoms with E-state index in [-0.39, 0.29) is 41.3 Å². The van der Waals surface area contributed by atoms with Crippen LogP contribution in [0.5, 0.6) is 0 Å². The molecule has 0 unspecified atom stereocenters. The van der Waals surface area contributed by atoms with Crippen molar-refractivity contribution in [3.8, 4) is 11.3 Å². The Kier molecular flexibility index (Phi) is 8.67. The number of Topliss-reactive ketones (excluding diaryl/α,β-unsaturated/α-hetero) is 1. The first kappa shape index (κ1) is 32.2. The molecule has 12 nitrogen and oxygen atoms in total. The highest BCUT2D eigenvalue weighted by atomic mass is 79.9. The Hall–Kier alpha value is -4.36. The van der Waals surface area contributed by atoms with Crippen LogP contribution in [0.15, 0.2) is 53.5 Å². The lowest BCUT2D eigenvalue weighted by molar-refractivity contribution is -0.142. The summed E-state index contributed by atoms with van der Waals surface area (Å²) >= 11 is 3.46. The number of aromatic nitrogens is 6. The van der Waals surface area contributed by atoms with Crippen molar-refractivity contribution in [2.24, 2.45) is 5.41 Å². The van der Waals surface area contributed by atoms with Crippen molar-refractivity contribution in [3.63, 3.8) is 0 Å². The fraction of sp³-hybridized carbons (Fsp3) is 0.429. The van der Waals surface area contributed by atoms with E-state index in [0.717, 1.165) is 44.3 Å². The minimum Gasteiger partial charge on any atom is -0.325 e. The highest BCUT2D eigenvalue weighted by Gasteiger charge is 2.61. The molecule has 2 amide bonds. The topological polar surface area (TPSA) is 139 Å². The Morgan fingerprint density at radius 2 is 1.94 bits per heavy atom. The van der Waals surface area contributed by atoms with Crippen molar-refractivity contribution in [3.05, 3.63) is 70.6 Å². The van der Waals surface area contributed by atoms with Crippen molar-refractivity contribution < 1.29 is 14.4 Å². The molecule has 1 saturated carbocycles. The smallest absolute Gasteiger partial charge is 0.248 e. The van der Waals surface area contributed by atoms with Gasteiger partial charge in [0.1, 0.15) is 34.5 Å². The molecular formula is C35H38BrN9O3. The van der Waals surface area contributed by atoms with Gasteiger partial charge in [0, 0.05) is 48.3 Å². The third-order valence-electron chi connectivity index (χ3n) is 10.0. The number of amides is 2. The average Bonchev–Trinajstić information content (AvgIpc) is 3.51. The second kappa shape index (κ2) is 12.9. The molecule has 2 aliphatic heterocycles. The average molecular weight is 713 g/mol. The number of nitrogens with one attached hydrogen (secondary N) is 1. The van der Waals surface area contributed by atoms with Gasteiger partial charge in [-0.25, -0.2) is 15.0 Å². The van der Waals surface area contributed by atoms with Crippen LogP contribution < -0.4 is 5.32 Å². The first-order valence-corrected chi connectivity index (χ1v) is 17.2. The second-order valence-corrected chi connectivity index (χ2v) is 14.1. The summed E-state index contributed by atoms with van der Waals surface area (Å²) in [7, 11) is 2.13. The van der Waals surface area contributed by atoms with Gasteiger partial charge in [-0.1, -0.05) is 18.2 Å². The normalized spacial score (nSPS) is 23.8. The molecule has 4 aromatic heterocycles. The molecule has 3 aliphatic rings. The Labute approximate surface area is 287 Å². The van der Waals surface area contributed by atoms with E-state index in [2.05, 4.69) is 70.4 Å². The van der Waals surface area contributed by atoms with Crippen LogP contribution in [0.25, 0.3) is 22.2 Å². The van der Waals surface area contributed by atoms with Gasteiger partial charge in [-0.3, -0.25) is 24.0 Å². The lowest BCUT2D eigenvalue weighted by Crippen LogP contribution is -2.56.